The van der Waals surface area contributed by atoms with Gasteiger partial charge in [-0.25, -0.2) is 4.39 Å². The molecule has 25 heavy (non-hydrogen) atoms. The standard InChI is InChI=1S/C8H4F14N2O/c1-25-3(10,11)2(9)23-4(12,13)6(16,17)24(8(20,21)22)7(18,19)5(23,14)15/h2H,1H3. The first-order valence-electron chi connectivity index (χ1n) is 5.45. The first-order chi connectivity index (χ1) is 10.7. The monoisotopic (exact) mass is 410 g/mol. The van der Waals surface area contributed by atoms with Crippen molar-refractivity contribution >= 4 is 0 Å². The molecule has 3 nitrogen and oxygen atoms in total. The normalized spacial score (nSPS) is 28.0. The highest BCUT2D eigenvalue weighted by Gasteiger charge is 2.91. The highest BCUT2D eigenvalue weighted by molar-refractivity contribution is 5.05. The van der Waals surface area contributed by atoms with Crippen molar-refractivity contribution in [2.24, 2.45) is 0 Å². The molecule has 1 atom stereocenters. The second kappa shape index (κ2) is 5.45. The van der Waals surface area contributed by atoms with Crippen LogP contribution in [0.5, 0.6) is 0 Å². The number of rotatable bonds is 3. The molecule has 0 bridgehead atoms. The van der Waals surface area contributed by atoms with Gasteiger partial charge < -0.3 is 4.74 Å². The number of methoxy groups -OCH3 is 1. The zero-order valence-corrected chi connectivity index (χ0v) is 11.2. The van der Waals surface area contributed by atoms with Crippen LogP contribution in [-0.2, 0) is 4.74 Å². The minimum absolute atomic E-state index is 0.203. The van der Waals surface area contributed by atoms with E-state index < -0.39 is 52.7 Å². The summed E-state index contributed by atoms with van der Waals surface area (Å²) in [5, 5.41) is 0. The zero-order valence-electron chi connectivity index (χ0n) is 11.2. The van der Waals surface area contributed by atoms with Crippen molar-refractivity contribution < 1.29 is 66.2 Å². The molecule has 1 aliphatic rings. The predicted octanol–water partition coefficient (Wildman–Crippen LogP) is 4.03. The van der Waals surface area contributed by atoms with E-state index in [1.165, 1.54) is 0 Å². The number of nitrogens with zero attached hydrogens (tertiary/aromatic N) is 2. The minimum Gasteiger partial charge on any atom is -0.320 e. The Morgan fingerprint density at radius 3 is 1.28 bits per heavy atom. The maximum Gasteiger partial charge on any atom is 0.469 e. The molecule has 1 aliphatic heterocycles. The highest BCUT2D eigenvalue weighted by atomic mass is 19.4. The van der Waals surface area contributed by atoms with E-state index in [0.29, 0.717) is 0 Å². The van der Waals surface area contributed by atoms with Crippen molar-refractivity contribution in [3.63, 3.8) is 0 Å². The second-order valence-corrected chi connectivity index (χ2v) is 4.44. The molecule has 0 saturated carbocycles. The average Bonchev–Trinajstić information content (AvgIpc) is 2.33. The summed E-state index contributed by atoms with van der Waals surface area (Å²) in [5.41, 5.74) is 0. The Morgan fingerprint density at radius 2 is 1.04 bits per heavy atom. The first kappa shape index (κ1) is 21.9. The number of ether oxygens (including phenoxy) is 1. The Hall–Kier alpha value is -1.10. The van der Waals surface area contributed by atoms with Crippen molar-refractivity contribution in [2.45, 2.75) is 42.9 Å². The number of hydrogen-bond donors (Lipinski definition) is 0. The lowest BCUT2D eigenvalue weighted by Gasteiger charge is -2.53. The molecule has 150 valence electrons. The molecular formula is C8H4F14N2O. The van der Waals surface area contributed by atoms with Gasteiger partial charge in [-0.15, -0.1) is 4.90 Å². The van der Waals surface area contributed by atoms with Crippen molar-refractivity contribution in [1.29, 1.82) is 0 Å². The molecule has 0 radical (unpaired) electrons. The summed E-state index contributed by atoms with van der Waals surface area (Å²) in [6.45, 7) is 0. The highest BCUT2D eigenvalue weighted by Crippen LogP contribution is 2.61. The molecule has 0 aliphatic carbocycles. The lowest BCUT2D eigenvalue weighted by Crippen LogP contribution is -2.84. The third-order valence-corrected chi connectivity index (χ3v) is 2.92. The van der Waals surface area contributed by atoms with E-state index >= 15 is 0 Å². The summed E-state index contributed by atoms with van der Waals surface area (Å²) >= 11 is 0. The molecule has 1 unspecified atom stereocenters. The average molecular weight is 410 g/mol. The van der Waals surface area contributed by atoms with Gasteiger partial charge in [0.2, 0.25) is 0 Å². The predicted molar refractivity (Wildman–Crippen MR) is 46.4 cm³/mol. The number of hydrogen-bond acceptors (Lipinski definition) is 3. The number of alkyl halides is 14. The van der Waals surface area contributed by atoms with Crippen LogP contribution < -0.4 is 0 Å². The van der Waals surface area contributed by atoms with Crippen LogP contribution in [0.3, 0.4) is 0 Å². The Bertz CT molecular complexity index is 487. The molecule has 1 rings (SSSR count). The third-order valence-electron chi connectivity index (χ3n) is 2.92. The van der Waals surface area contributed by atoms with E-state index in [9.17, 15) is 61.5 Å². The fourth-order valence-electron chi connectivity index (χ4n) is 1.76. The van der Waals surface area contributed by atoms with Gasteiger partial charge in [0.25, 0.3) is 6.30 Å². The van der Waals surface area contributed by atoms with Crippen molar-refractivity contribution in [3.8, 4) is 0 Å². The maximum atomic E-state index is 13.4. The summed E-state index contributed by atoms with van der Waals surface area (Å²) in [6.07, 6.45) is -18.4. The molecule has 0 amide bonds. The third kappa shape index (κ3) is 2.79. The van der Waals surface area contributed by atoms with Crippen LogP contribution in [0.1, 0.15) is 0 Å². The molecular weight excluding hydrogens is 406 g/mol. The van der Waals surface area contributed by atoms with E-state index in [1.807, 2.05) is 0 Å². The van der Waals surface area contributed by atoms with Crippen LogP contribution in [-0.4, -0.2) is 59.8 Å². The van der Waals surface area contributed by atoms with Crippen molar-refractivity contribution in [1.82, 2.24) is 9.80 Å². The Morgan fingerprint density at radius 1 is 0.720 bits per heavy atom. The van der Waals surface area contributed by atoms with Crippen LogP contribution in [0.2, 0.25) is 0 Å². The molecule has 0 N–H and O–H groups in total. The molecule has 17 heteroatoms. The molecule has 0 aromatic rings. The van der Waals surface area contributed by atoms with Gasteiger partial charge in [0.05, 0.1) is 0 Å². The van der Waals surface area contributed by atoms with Gasteiger partial charge >= 0.3 is 36.6 Å². The summed E-state index contributed by atoms with van der Waals surface area (Å²) in [4.78, 5) is -7.19. The summed E-state index contributed by atoms with van der Waals surface area (Å²) in [7, 11) is -0.203. The topological polar surface area (TPSA) is 15.7 Å². The van der Waals surface area contributed by atoms with E-state index in [0.717, 1.165) is 0 Å². The van der Waals surface area contributed by atoms with Gasteiger partial charge in [-0.2, -0.15) is 57.1 Å². The van der Waals surface area contributed by atoms with Gasteiger partial charge in [-0.3, -0.25) is 0 Å². The lowest BCUT2D eigenvalue weighted by molar-refractivity contribution is -0.565. The minimum atomic E-state index is -7.27. The lowest BCUT2D eigenvalue weighted by atomic mass is 10.1. The van der Waals surface area contributed by atoms with Gasteiger partial charge in [0.1, 0.15) is 0 Å². The fraction of sp³-hybridized carbons (Fsp3) is 1.00. The second-order valence-electron chi connectivity index (χ2n) is 4.44. The number of halogens is 14. The quantitative estimate of drug-likeness (QED) is 0.517. The van der Waals surface area contributed by atoms with Crippen LogP contribution in [0.15, 0.2) is 0 Å². The van der Waals surface area contributed by atoms with E-state index in [4.69, 9.17) is 0 Å². The Balaban J connectivity index is 3.75. The van der Waals surface area contributed by atoms with Gasteiger partial charge in [-0.1, -0.05) is 4.90 Å². The Kier molecular flexibility index (Phi) is 4.78. The maximum absolute atomic E-state index is 13.4. The van der Waals surface area contributed by atoms with Crippen molar-refractivity contribution in [3.05, 3.63) is 0 Å². The van der Waals surface area contributed by atoms with Gasteiger partial charge in [-0.05, 0) is 0 Å². The largest absolute Gasteiger partial charge is 0.469 e. The van der Waals surface area contributed by atoms with Crippen LogP contribution in [0.4, 0.5) is 61.5 Å². The van der Waals surface area contributed by atoms with Crippen LogP contribution in [0.25, 0.3) is 0 Å². The SMILES string of the molecule is COC(F)(F)C(F)N1C(F)(F)C(F)(F)N(C(F)(F)F)C(F)(F)C1(F)F. The fourth-order valence-corrected chi connectivity index (χ4v) is 1.76. The van der Waals surface area contributed by atoms with E-state index in [-0.39, 0.29) is 7.11 Å². The van der Waals surface area contributed by atoms with Gasteiger partial charge in [0.15, 0.2) is 0 Å². The molecule has 0 spiro atoms. The summed E-state index contributed by atoms with van der Waals surface area (Å²) < 4.78 is 185. The zero-order chi connectivity index (χ0) is 20.4. The molecule has 0 aromatic heterocycles. The summed E-state index contributed by atoms with van der Waals surface area (Å²) in [5.74, 6) is 0. The molecule has 1 heterocycles. The summed E-state index contributed by atoms with van der Waals surface area (Å²) in [6, 6.07) is -28.9. The van der Waals surface area contributed by atoms with Gasteiger partial charge in [0, 0.05) is 7.11 Å². The Labute approximate surface area is 127 Å². The number of piperazine rings is 1. The smallest absolute Gasteiger partial charge is 0.320 e. The molecule has 1 fully saturated rings. The van der Waals surface area contributed by atoms with E-state index in [1.54, 1.807) is 0 Å². The van der Waals surface area contributed by atoms with Crippen molar-refractivity contribution in [2.75, 3.05) is 7.11 Å². The molecule has 1 saturated heterocycles. The molecule has 0 aromatic carbocycles. The first-order valence-corrected chi connectivity index (χ1v) is 5.45. The van der Waals surface area contributed by atoms with E-state index in [2.05, 4.69) is 4.74 Å². The van der Waals surface area contributed by atoms with Crippen LogP contribution >= 0.6 is 0 Å². The van der Waals surface area contributed by atoms with Crippen LogP contribution in [0, 0.1) is 0 Å².